The molecule has 0 spiro atoms. The number of anilines is 1. The summed E-state index contributed by atoms with van der Waals surface area (Å²) >= 11 is 0. The van der Waals surface area contributed by atoms with E-state index in [1.165, 1.54) is 6.07 Å². The Morgan fingerprint density at radius 2 is 1.92 bits per heavy atom. The number of nitrogens with two attached hydrogens (primary N) is 1. The first-order valence-corrected chi connectivity index (χ1v) is 13.2. The Balaban J connectivity index is 1.28. The summed E-state index contributed by atoms with van der Waals surface area (Å²) in [7, 11) is 0. The minimum absolute atomic E-state index is 0.0651. The number of halogens is 3. The van der Waals surface area contributed by atoms with Gasteiger partial charge in [-0.1, -0.05) is 6.92 Å². The van der Waals surface area contributed by atoms with Crippen LogP contribution >= 0.6 is 0 Å². The van der Waals surface area contributed by atoms with Gasteiger partial charge in [-0.3, -0.25) is 20.0 Å². The molecule has 4 aliphatic carbocycles. The Labute approximate surface area is 215 Å². The molecule has 37 heavy (non-hydrogen) atoms. The van der Waals surface area contributed by atoms with E-state index in [-0.39, 0.29) is 23.4 Å². The summed E-state index contributed by atoms with van der Waals surface area (Å²) in [4.78, 5) is 25.8. The van der Waals surface area contributed by atoms with E-state index in [0.717, 1.165) is 50.8 Å². The molecule has 11 heteroatoms. The second kappa shape index (κ2) is 9.78. The number of aromatic nitrogens is 1. The second-order valence-corrected chi connectivity index (χ2v) is 11.2. The van der Waals surface area contributed by atoms with Crippen molar-refractivity contribution in [2.75, 3.05) is 31.1 Å². The number of amidine groups is 1. The Bertz CT molecular complexity index is 1060. The van der Waals surface area contributed by atoms with E-state index in [0.29, 0.717) is 55.6 Å². The van der Waals surface area contributed by atoms with Crippen LogP contribution in [0.25, 0.3) is 0 Å². The minimum atomic E-state index is -4.40. The van der Waals surface area contributed by atoms with Crippen LogP contribution in [-0.4, -0.2) is 59.9 Å². The minimum Gasteiger partial charge on any atom is -0.369 e. The van der Waals surface area contributed by atoms with E-state index in [2.05, 4.69) is 28.3 Å². The Morgan fingerprint density at radius 3 is 2.43 bits per heavy atom. The molecule has 2 heterocycles. The number of nitriles is 1. The SMILES string of the molecule is CCC(C(=NC1C2CC3CC1CC(C(N)=O)(C3)C2)NC#N)N1CCN(c2ccc(C(F)(F)F)cn2)CC1. The van der Waals surface area contributed by atoms with E-state index in [1.54, 1.807) is 0 Å². The van der Waals surface area contributed by atoms with Gasteiger partial charge in [0.1, 0.15) is 11.7 Å². The number of alkyl halides is 3. The van der Waals surface area contributed by atoms with Crippen LogP contribution in [0.5, 0.6) is 0 Å². The summed E-state index contributed by atoms with van der Waals surface area (Å²) in [5.41, 5.74) is 4.71. The standard InChI is InChI=1S/C26H34F3N7O/c1-2-20(35-5-7-36(8-6-35)21-4-3-19(14-32-21)26(27,28)29)23(33-15-30)34-22-17-9-16-10-18(22)13-25(11-16,12-17)24(31)37/h3-4,14,16-18,20,22H,2,5-13H2,1H3,(H2,31,37)(H,33,34). The Hall–Kier alpha value is -2.87. The van der Waals surface area contributed by atoms with Gasteiger partial charge in [0.15, 0.2) is 6.19 Å². The maximum atomic E-state index is 12.9. The molecule has 3 atom stereocenters. The van der Waals surface area contributed by atoms with Gasteiger partial charge in [-0.15, -0.1) is 0 Å². The second-order valence-electron chi connectivity index (χ2n) is 11.2. The van der Waals surface area contributed by atoms with Gasteiger partial charge in [0, 0.05) is 37.8 Å². The van der Waals surface area contributed by atoms with Gasteiger partial charge in [-0.05, 0) is 68.4 Å². The molecule has 3 unspecified atom stereocenters. The van der Waals surface area contributed by atoms with Crippen LogP contribution < -0.4 is 16.0 Å². The first-order valence-electron chi connectivity index (χ1n) is 13.2. The normalized spacial score (nSPS) is 32.7. The molecule has 4 bridgehead atoms. The molecule has 1 saturated heterocycles. The maximum Gasteiger partial charge on any atom is 0.417 e. The third kappa shape index (κ3) is 4.88. The van der Waals surface area contributed by atoms with Gasteiger partial charge in [0.05, 0.1) is 17.6 Å². The lowest BCUT2D eigenvalue weighted by atomic mass is 9.48. The summed E-state index contributed by atoms with van der Waals surface area (Å²) in [6.07, 6.45) is 3.94. The van der Waals surface area contributed by atoms with Gasteiger partial charge in [-0.25, -0.2) is 4.98 Å². The summed E-state index contributed by atoms with van der Waals surface area (Å²) < 4.78 is 38.6. The molecule has 5 fully saturated rings. The summed E-state index contributed by atoms with van der Waals surface area (Å²) in [5, 5.41) is 12.4. The van der Waals surface area contributed by atoms with Crippen LogP contribution in [0, 0.1) is 34.6 Å². The molecule has 1 aromatic heterocycles. The molecule has 1 aromatic rings. The summed E-state index contributed by atoms with van der Waals surface area (Å²) in [5.74, 6) is 2.20. The average Bonchev–Trinajstić information content (AvgIpc) is 2.86. The highest BCUT2D eigenvalue weighted by Crippen LogP contribution is 2.60. The van der Waals surface area contributed by atoms with E-state index in [9.17, 15) is 23.2 Å². The zero-order valence-corrected chi connectivity index (χ0v) is 21.0. The van der Waals surface area contributed by atoms with Gasteiger partial charge in [0.25, 0.3) is 0 Å². The van der Waals surface area contributed by atoms with Crippen molar-refractivity contribution < 1.29 is 18.0 Å². The smallest absolute Gasteiger partial charge is 0.369 e. The van der Waals surface area contributed by atoms with E-state index < -0.39 is 11.7 Å². The molecular weight excluding hydrogens is 483 g/mol. The average molecular weight is 518 g/mol. The molecule has 0 radical (unpaired) electrons. The number of amides is 1. The maximum absolute atomic E-state index is 12.9. The topological polar surface area (TPSA) is 111 Å². The molecule has 3 N–H and O–H groups in total. The van der Waals surface area contributed by atoms with Crippen molar-refractivity contribution in [2.24, 2.45) is 33.9 Å². The highest BCUT2D eigenvalue weighted by atomic mass is 19.4. The number of carbonyl (C=O) groups excluding carboxylic acids is 1. The number of pyridine rings is 1. The first kappa shape index (κ1) is 25.8. The predicted molar refractivity (Wildman–Crippen MR) is 132 cm³/mol. The van der Waals surface area contributed by atoms with Gasteiger partial charge in [-0.2, -0.15) is 18.4 Å². The molecule has 200 valence electrons. The third-order valence-electron chi connectivity index (χ3n) is 9.07. The van der Waals surface area contributed by atoms with Crippen LogP contribution in [-0.2, 0) is 11.0 Å². The van der Waals surface area contributed by atoms with Crippen molar-refractivity contribution in [1.29, 1.82) is 5.26 Å². The largest absolute Gasteiger partial charge is 0.417 e. The van der Waals surface area contributed by atoms with E-state index in [4.69, 9.17) is 10.7 Å². The fourth-order valence-electron chi connectivity index (χ4n) is 7.56. The number of carbonyl (C=O) groups is 1. The van der Waals surface area contributed by atoms with Gasteiger partial charge in [0.2, 0.25) is 5.91 Å². The zero-order chi connectivity index (χ0) is 26.4. The molecule has 0 aromatic carbocycles. The fraction of sp³-hybridized carbons (Fsp3) is 0.692. The third-order valence-corrected chi connectivity index (χ3v) is 9.07. The van der Waals surface area contributed by atoms with Crippen molar-refractivity contribution in [2.45, 2.75) is 63.7 Å². The van der Waals surface area contributed by atoms with Crippen molar-refractivity contribution in [1.82, 2.24) is 15.2 Å². The number of hydrogen-bond donors (Lipinski definition) is 2. The lowest BCUT2D eigenvalue weighted by Gasteiger charge is -2.57. The van der Waals surface area contributed by atoms with E-state index >= 15 is 0 Å². The van der Waals surface area contributed by atoms with Crippen molar-refractivity contribution in [3.63, 3.8) is 0 Å². The first-order chi connectivity index (χ1) is 17.6. The molecule has 1 aliphatic heterocycles. The zero-order valence-electron chi connectivity index (χ0n) is 21.0. The highest BCUT2D eigenvalue weighted by Gasteiger charge is 2.58. The number of rotatable bonds is 6. The Kier molecular flexibility index (Phi) is 6.81. The molecule has 4 saturated carbocycles. The molecule has 8 nitrogen and oxygen atoms in total. The molecule has 6 rings (SSSR count). The Morgan fingerprint density at radius 1 is 1.24 bits per heavy atom. The summed E-state index contributed by atoms with van der Waals surface area (Å²) in [6.45, 7) is 4.66. The number of primary amides is 1. The molecule has 1 amide bonds. The van der Waals surface area contributed by atoms with Crippen molar-refractivity contribution in [3.05, 3.63) is 23.9 Å². The number of hydrogen-bond acceptors (Lipinski definition) is 6. The highest BCUT2D eigenvalue weighted by molar-refractivity contribution is 5.89. The predicted octanol–water partition coefficient (Wildman–Crippen LogP) is 3.15. The van der Waals surface area contributed by atoms with Crippen LogP contribution in [0.2, 0.25) is 0 Å². The fourth-order valence-corrected chi connectivity index (χ4v) is 7.56. The lowest BCUT2D eigenvalue weighted by Crippen LogP contribution is -2.58. The number of nitrogens with one attached hydrogen (secondary N) is 1. The monoisotopic (exact) mass is 517 g/mol. The van der Waals surface area contributed by atoms with Crippen LogP contribution in [0.4, 0.5) is 19.0 Å². The lowest BCUT2D eigenvalue weighted by molar-refractivity contribution is -0.144. The quantitative estimate of drug-likeness (QED) is 0.260. The number of piperazine rings is 1. The summed E-state index contributed by atoms with van der Waals surface area (Å²) in [6, 6.07) is 2.51. The van der Waals surface area contributed by atoms with Crippen molar-refractivity contribution in [3.8, 4) is 6.19 Å². The van der Waals surface area contributed by atoms with Crippen LogP contribution in [0.1, 0.15) is 51.0 Å². The van der Waals surface area contributed by atoms with E-state index in [1.807, 2.05) is 4.90 Å². The van der Waals surface area contributed by atoms with Crippen molar-refractivity contribution >= 4 is 17.6 Å². The molecular formula is C26H34F3N7O. The van der Waals surface area contributed by atoms with Crippen LogP contribution in [0.3, 0.4) is 0 Å². The number of nitrogens with zero attached hydrogens (tertiary/aromatic N) is 5. The van der Waals surface area contributed by atoms with Crippen LogP contribution in [0.15, 0.2) is 23.3 Å². The molecule has 5 aliphatic rings. The number of aliphatic imine (C=N–C) groups is 1. The van der Waals surface area contributed by atoms with Gasteiger partial charge < -0.3 is 10.6 Å². The van der Waals surface area contributed by atoms with Gasteiger partial charge >= 0.3 is 6.18 Å².